The summed E-state index contributed by atoms with van der Waals surface area (Å²) in [7, 11) is 1.53. The second kappa shape index (κ2) is 9.41. The van der Waals surface area contributed by atoms with Crippen LogP contribution in [0, 0.1) is 0 Å². The van der Waals surface area contributed by atoms with E-state index in [1.165, 1.54) is 12.0 Å². The zero-order valence-electron chi connectivity index (χ0n) is 11.2. The van der Waals surface area contributed by atoms with Gasteiger partial charge in [0.25, 0.3) is 5.91 Å². The maximum atomic E-state index is 12.0. The van der Waals surface area contributed by atoms with Crippen LogP contribution in [0.2, 0.25) is 0 Å². The predicted octanol–water partition coefficient (Wildman–Crippen LogP) is 0.152. The zero-order chi connectivity index (χ0) is 14.1. The van der Waals surface area contributed by atoms with Crippen LogP contribution in [0.3, 0.4) is 0 Å². The smallest absolute Gasteiger partial charge is 0.255 e. The average Bonchev–Trinajstić information content (AvgIpc) is 2.46. The third-order valence-electron chi connectivity index (χ3n) is 2.96. The van der Waals surface area contributed by atoms with Crippen LogP contribution in [0.15, 0.2) is 0 Å². The summed E-state index contributed by atoms with van der Waals surface area (Å²) in [6, 6.07) is 0. The van der Waals surface area contributed by atoms with Crippen molar-refractivity contribution >= 4 is 27.7 Å². The molecule has 19 heavy (non-hydrogen) atoms. The van der Waals surface area contributed by atoms with Gasteiger partial charge in [0.2, 0.25) is 5.91 Å². The van der Waals surface area contributed by atoms with Gasteiger partial charge in [0, 0.05) is 7.11 Å². The molecular formula is C12H21BrN2O4. The number of alkyl halides is 1. The first-order chi connectivity index (χ1) is 9.19. The summed E-state index contributed by atoms with van der Waals surface area (Å²) in [5, 5.41) is 3.35. The molecule has 1 rings (SSSR count). The second-order valence-corrected chi connectivity index (χ2v) is 4.89. The van der Waals surface area contributed by atoms with Gasteiger partial charge in [0.15, 0.2) is 0 Å². The molecule has 0 saturated carbocycles. The molecule has 0 aromatic rings. The third kappa shape index (κ3) is 5.99. The topological polar surface area (TPSA) is 67.9 Å². The molecule has 1 saturated heterocycles. The summed E-state index contributed by atoms with van der Waals surface area (Å²) < 4.78 is 10.5. The van der Waals surface area contributed by atoms with E-state index in [9.17, 15) is 9.59 Å². The highest BCUT2D eigenvalue weighted by Crippen LogP contribution is 2.07. The summed E-state index contributed by atoms with van der Waals surface area (Å²) in [5.41, 5.74) is 0. The molecule has 7 heteroatoms. The predicted molar refractivity (Wildman–Crippen MR) is 74.2 cm³/mol. The average molecular weight is 337 g/mol. The molecule has 110 valence electrons. The van der Waals surface area contributed by atoms with Crippen LogP contribution < -0.4 is 5.32 Å². The second-order valence-electron chi connectivity index (χ2n) is 4.33. The van der Waals surface area contributed by atoms with Crippen molar-refractivity contribution in [3.63, 3.8) is 0 Å². The molecule has 0 bridgehead atoms. The number of amides is 2. The maximum absolute atomic E-state index is 12.0. The van der Waals surface area contributed by atoms with Crippen molar-refractivity contribution in [2.75, 3.05) is 45.3 Å². The summed E-state index contributed by atoms with van der Waals surface area (Å²) in [6.45, 7) is 2.36. The van der Waals surface area contributed by atoms with Gasteiger partial charge in [0.05, 0.1) is 24.6 Å². The van der Waals surface area contributed by atoms with E-state index in [2.05, 4.69) is 21.2 Å². The molecule has 1 aliphatic heterocycles. The van der Waals surface area contributed by atoms with Gasteiger partial charge in [-0.2, -0.15) is 0 Å². The van der Waals surface area contributed by atoms with E-state index < -0.39 is 0 Å². The van der Waals surface area contributed by atoms with Crippen molar-refractivity contribution < 1.29 is 19.1 Å². The Bertz CT molecular complexity index is 295. The van der Waals surface area contributed by atoms with E-state index in [-0.39, 0.29) is 36.4 Å². The van der Waals surface area contributed by atoms with Crippen LogP contribution in [0.25, 0.3) is 0 Å². The summed E-state index contributed by atoms with van der Waals surface area (Å²) in [5.74, 6) is -0.573. The molecule has 0 atom stereocenters. The van der Waals surface area contributed by atoms with Crippen LogP contribution in [0.1, 0.15) is 12.8 Å². The lowest BCUT2D eigenvalue weighted by Gasteiger charge is -2.25. The number of nitrogens with one attached hydrogen (secondary N) is 1. The van der Waals surface area contributed by atoms with Gasteiger partial charge < -0.3 is 14.8 Å². The summed E-state index contributed by atoms with van der Waals surface area (Å²) in [4.78, 5) is 24.8. The number of piperidine rings is 1. The van der Waals surface area contributed by atoms with Crippen LogP contribution >= 0.6 is 15.9 Å². The highest BCUT2D eigenvalue weighted by Gasteiger charge is 2.22. The van der Waals surface area contributed by atoms with Gasteiger partial charge in [0.1, 0.15) is 6.61 Å². The Morgan fingerprint density at radius 3 is 2.58 bits per heavy atom. The lowest BCUT2D eigenvalue weighted by Crippen LogP contribution is -2.43. The van der Waals surface area contributed by atoms with Gasteiger partial charge in [-0.15, -0.1) is 0 Å². The van der Waals surface area contributed by atoms with Crippen LogP contribution in [-0.2, 0) is 19.1 Å². The maximum Gasteiger partial charge on any atom is 0.255 e. The Kier molecular flexibility index (Phi) is 8.20. The highest BCUT2D eigenvalue weighted by molar-refractivity contribution is 9.09. The largest absolute Gasteiger partial charge is 0.383 e. The van der Waals surface area contributed by atoms with E-state index in [0.29, 0.717) is 6.61 Å². The Morgan fingerprint density at radius 1 is 1.32 bits per heavy atom. The number of rotatable bonds is 7. The molecule has 0 aromatic heterocycles. The SMILES string of the molecule is COCCN(C(=O)CBr)C(=O)COC1CCNCC1. The lowest BCUT2D eigenvalue weighted by atomic mass is 10.1. The molecule has 2 amide bonds. The quantitative estimate of drug-likeness (QED) is 0.670. The Morgan fingerprint density at radius 2 is 2.00 bits per heavy atom. The number of nitrogens with zero attached hydrogens (tertiary/aromatic N) is 1. The van der Waals surface area contributed by atoms with Gasteiger partial charge >= 0.3 is 0 Å². The minimum atomic E-state index is -0.306. The van der Waals surface area contributed by atoms with Gasteiger partial charge in [-0.1, -0.05) is 15.9 Å². The van der Waals surface area contributed by atoms with Crippen molar-refractivity contribution in [3.8, 4) is 0 Å². The lowest BCUT2D eigenvalue weighted by molar-refractivity contribution is -0.148. The number of methoxy groups -OCH3 is 1. The fraction of sp³-hybridized carbons (Fsp3) is 0.833. The molecule has 0 spiro atoms. The van der Waals surface area contributed by atoms with Crippen molar-refractivity contribution in [1.29, 1.82) is 0 Å². The molecule has 0 aromatic carbocycles. The molecule has 0 unspecified atom stereocenters. The Labute approximate surface area is 121 Å². The van der Waals surface area contributed by atoms with Gasteiger partial charge in [-0.3, -0.25) is 14.5 Å². The van der Waals surface area contributed by atoms with Crippen LogP contribution in [-0.4, -0.2) is 68.1 Å². The minimum absolute atomic E-state index is 0.0485. The molecule has 0 radical (unpaired) electrons. The van der Waals surface area contributed by atoms with Crippen molar-refractivity contribution in [2.24, 2.45) is 0 Å². The number of hydrogen-bond acceptors (Lipinski definition) is 5. The van der Waals surface area contributed by atoms with Gasteiger partial charge in [-0.05, 0) is 25.9 Å². The molecular weight excluding hydrogens is 316 g/mol. The first kappa shape index (κ1) is 16.6. The summed E-state index contributed by atoms with van der Waals surface area (Å²) in [6.07, 6.45) is 1.91. The van der Waals surface area contributed by atoms with E-state index in [4.69, 9.17) is 9.47 Å². The number of imide groups is 1. The van der Waals surface area contributed by atoms with E-state index in [1.54, 1.807) is 0 Å². The fourth-order valence-electron chi connectivity index (χ4n) is 1.87. The Hall–Kier alpha value is -0.500. The van der Waals surface area contributed by atoms with Crippen LogP contribution in [0.5, 0.6) is 0 Å². The molecule has 1 aliphatic rings. The van der Waals surface area contributed by atoms with Crippen molar-refractivity contribution in [2.45, 2.75) is 18.9 Å². The van der Waals surface area contributed by atoms with Crippen molar-refractivity contribution in [3.05, 3.63) is 0 Å². The fourth-order valence-corrected chi connectivity index (χ4v) is 2.18. The first-order valence-electron chi connectivity index (χ1n) is 6.39. The van der Waals surface area contributed by atoms with Crippen LogP contribution in [0.4, 0.5) is 0 Å². The third-order valence-corrected chi connectivity index (χ3v) is 3.44. The monoisotopic (exact) mass is 336 g/mol. The zero-order valence-corrected chi connectivity index (χ0v) is 12.8. The standard InChI is InChI=1S/C12H21BrN2O4/c1-18-7-6-15(11(16)8-13)12(17)9-19-10-2-4-14-5-3-10/h10,14H,2-9H2,1H3. The van der Waals surface area contributed by atoms with Crippen molar-refractivity contribution in [1.82, 2.24) is 10.2 Å². The highest BCUT2D eigenvalue weighted by atomic mass is 79.9. The molecule has 6 nitrogen and oxygen atoms in total. The molecule has 1 N–H and O–H groups in total. The number of halogens is 1. The number of carbonyl (C=O) groups excluding carboxylic acids is 2. The normalized spacial score (nSPS) is 16.3. The first-order valence-corrected chi connectivity index (χ1v) is 7.51. The van der Waals surface area contributed by atoms with E-state index in [0.717, 1.165) is 25.9 Å². The molecule has 1 fully saturated rings. The molecule has 0 aliphatic carbocycles. The minimum Gasteiger partial charge on any atom is -0.383 e. The molecule has 1 heterocycles. The van der Waals surface area contributed by atoms with Gasteiger partial charge in [-0.25, -0.2) is 0 Å². The van der Waals surface area contributed by atoms with E-state index >= 15 is 0 Å². The van der Waals surface area contributed by atoms with E-state index in [1.807, 2.05) is 0 Å². The summed E-state index contributed by atoms with van der Waals surface area (Å²) >= 11 is 3.07. The Balaban J connectivity index is 2.39. The number of ether oxygens (including phenoxy) is 2. The number of carbonyl (C=O) groups is 2. The number of hydrogen-bond donors (Lipinski definition) is 1.